The zero-order valence-corrected chi connectivity index (χ0v) is 11.3. The third kappa shape index (κ3) is 6.71. The standard InChI is InChI=1S/2C7H6O3.CH2O/c2*8-6-3-1-5(2-4-6)7(9)10;1-2/h2*1-4,8H,(H,9,10);1H2. The molecule has 0 bridgehead atoms. The van der Waals surface area contributed by atoms with Crippen LogP contribution >= 0.6 is 0 Å². The number of aromatic carboxylic acids is 2. The number of phenolic OH excluding ortho intramolecular Hbond substituents is 2. The van der Waals surface area contributed by atoms with Crippen molar-refractivity contribution >= 4 is 18.7 Å². The number of carboxylic acid groups (broad SMARTS) is 2. The van der Waals surface area contributed by atoms with Crippen LogP contribution in [0.25, 0.3) is 0 Å². The van der Waals surface area contributed by atoms with Crippen molar-refractivity contribution in [3.8, 4) is 11.5 Å². The van der Waals surface area contributed by atoms with Gasteiger partial charge in [-0.2, -0.15) is 0 Å². The van der Waals surface area contributed by atoms with E-state index in [1.165, 1.54) is 48.5 Å². The Kier molecular flexibility index (Phi) is 8.09. The fourth-order valence-electron chi connectivity index (χ4n) is 1.21. The highest BCUT2D eigenvalue weighted by atomic mass is 16.4. The fraction of sp³-hybridized carbons (Fsp3) is 0. The number of benzene rings is 2. The maximum atomic E-state index is 10.2. The molecule has 0 unspecified atom stereocenters. The summed E-state index contributed by atoms with van der Waals surface area (Å²) in [5, 5.41) is 34.3. The van der Waals surface area contributed by atoms with E-state index in [9.17, 15) is 9.59 Å². The molecule has 0 saturated heterocycles. The molecular formula is C15H14O7. The molecule has 2 rings (SSSR count). The Bertz CT molecular complexity index is 547. The zero-order chi connectivity index (χ0) is 17.1. The van der Waals surface area contributed by atoms with E-state index in [0.29, 0.717) is 0 Å². The summed E-state index contributed by atoms with van der Waals surface area (Å²) in [5.41, 5.74) is 0.357. The van der Waals surface area contributed by atoms with Gasteiger partial charge in [0.1, 0.15) is 18.3 Å². The molecule has 0 atom stereocenters. The highest BCUT2D eigenvalue weighted by molar-refractivity contribution is 5.88. The maximum absolute atomic E-state index is 10.2. The first kappa shape index (κ1) is 18.7. The second kappa shape index (κ2) is 9.54. The number of rotatable bonds is 2. The lowest BCUT2D eigenvalue weighted by atomic mass is 10.2. The highest BCUT2D eigenvalue weighted by Gasteiger charge is 2.00. The number of hydrogen-bond donors (Lipinski definition) is 4. The molecule has 0 amide bonds. The largest absolute Gasteiger partial charge is 0.508 e. The van der Waals surface area contributed by atoms with Gasteiger partial charge in [0.15, 0.2) is 0 Å². The van der Waals surface area contributed by atoms with Crippen LogP contribution in [-0.4, -0.2) is 39.2 Å². The van der Waals surface area contributed by atoms with Crippen LogP contribution < -0.4 is 0 Å². The van der Waals surface area contributed by atoms with Crippen molar-refractivity contribution in [1.29, 1.82) is 0 Å². The SMILES string of the molecule is C=O.O=C(O)c1ccc(O)cc1.O=C(O)c1ccc(O)cc1. The van der Waals surface area contributed by atoms with Crippen LogP contribution in [0.2, 0.25) is 0 Å². The molecular weight excluding hydrogens is 292 g/mol. The molecule has 2 aromatic rings. The molecule has 0 spiro atoms. The van der Waals surface area contributed by atoms with E-state index in [1.54, 1.807) is 0 Å². The summed E-state index contributed by atoms with van der Waals surface area (Å²) in [6.07, 6.45) is 0. The number of hydrogen-bond acceptors (Lipinski definition) is 5. The van der Waals surface area contributed by atoms with Crippen LogP contribution in [0.4, 0.5) is 0 Å². The summed E-state index contributed by atoms with van der Waals surface area (Å²) >= 11 is 0. The lowest BCUT2D eigenvalue weighted by Gasteiger charge is -1.92. The Morgan fingerprint density at radius 1 is 0.636 bits per heavy atom. The van der Waals surface area contributed by atoms with Crippen LogP contribution in [0.15, 0.2) is 48.5 Å². The number of carboxylic acids is 2. The first-order valence-electron chi connectivity index (χ1n) is 5.73. The van der Waals surface area contributed by atoms with Crippen LogP contribution in [0.3, 0.4) is 0 Å². The van der Waals surface area contributed by atoms with Crippen molar-refractivity contribution in [2.75, 3.05) is 0 Å². The van der Waals surface area contributed by atoms with Crippen molar-refractivity contribution in [2.24, 2.45) is 0 Å². The first-order chi connectivity index (χ1) is 10.4. The molecule has 7 heteroatoms. The van der Waals surface area contributed by atoms with E-state index >= 15 is 0 Å². The molecule has 0 aliphatic heterocycles. The molecule has 0 aliphatic rings. The van der Waals surface area contributed by atoms with Gasteiger partial charge in [-0.15, -0.1) is 0 Å². The molecule has 22 heavy (non-hydrogen) atoms. The molecule has 0 aromatic heterocycles. The highest BCUT2D eigenvalue weighted by Crippen LogP contribution is 2.09. The summed E-state index contributed by atoms with van der Waals surface area (Å²) in [6.45, 7) is 2.00. The van der Waals surface area contributed by atoms with Gasteiger partial charge >= 0.3 is 11.9 Å². The quantitative estimate of drug-likeness (QED) is 0.667. The number of aromatic hydroxyl groups is 2. The topological polar surface area (TPSA) is 132 Å². The van der Waals surface area contributed by atoms with Crippen molar-refractivity contribution in [3.05, 3.63) is 59.7 Å². The summed E-state index contributed by atoms with van der Waals surface area (Å²) in [4.78, 5) is 28.5. The summed E-state index contributed by atoms with van der Waals surface area (Å²) in [7, 11) is 0. The Morgan fingerprint density at radius 2 is 0.864 bits per heavy atom. The Balaban J connectivity index is 0.000000360. The van der Waals surface area contributed by atoms with Crippen molar-refractivity contribution < 1.29 is 34.8 Å². The fourth-order valence-corrected chi connectivity index (χ4v) is 1.21. The monoisotopic (exact) mass is 306 g/mol. The lowest BCUT2D eigenvalue weighted by Crippen LogP contribution is -1.93. The van der Waals surface area contributed by atoms with Crippen LogP contribution in [0.5, 0.6) is 11.5 Å². The predicted molar refractivity (Wildman–Crippen MR) is 77.3 cm³/mol. The zero-order valence-electron chi connectivity index (χ0n) is 11.3. The van der Waals surface area contributed by atoms with Crippen LogP contribution in [0, 0.1) is 0 Å². The average molecular weight is 306 g/mol. The summed E-state index contributed by atoms with van der Waals surface area (Å²) in [6, 6.07) is 10.7. The minimum Gasteiger partial charge on any atom is -0.508 e. The number of carbonyl (C=O) groups is 3. The second-order valence-corrected chi connectivity index (χ2v) is 3.70. The molecule has 0 heterocycles. The van der Waals surface area contributed by atoms with Gasteiger partial charge in [0.25, 0.3) is 0 Å². The smallest absolute Gasteiger partial charge is 0.335 e. The molecule has 0 fully saturated rings. The van der Waals surface area contributed by atoms with E-state index in [4.69, 9.17) is 25.2 Å². The maximum Gasteiger partial charge on any atom is 0.335 e. The van der Waals surface area contributed by atoms with Gasteiger partial charge in [-0.05, 0) is 48.5 Å². The number of phenols is 2. The molecule has 4 N–H and O–H groups in total. The van der Waals surface area contributed by atoms with Gasteiger partial charge < -0.3 is 25.2 Å². The Hall–Kier alpha value is -3.35. The van der Waals surface area contributed by atoms with E-state index in [1.807, 2.05) is 6.79 Å². The van der Waals surface area contributed by atoms with Crippen LogP contribution in [0.1, 0.15) is 20.7 Å². The predicted octanol–water partition coefficient (Wildman–Crippen LogP) is 2.00. The van der Waals surface area contributed by atoms with E-state index in [0.717, 1.165) is 0 Å². The lowest BCUT2D eigenvalue weighted by molar-refractivity contribution is -0.0980. The van der Waals surface area contributed by atoms with Crippen LogP contribution in [-0.2, 0) is 4.79 Å². The van der Waals surface area contributed by atoms with Crippen molar-refractivity contribution in [3.63, 3.8) is 0 Å². The normalized spacial score (nSPS) is 8.55. The van der Waals surface area contributed by atoms with E-state index in [-0.39, 0.29) is 22.6 Å². The van der Waals surface area contributed by atoms with E-state index < -0.39 is 11.9 Å². The van der Waals surface area contributed by atoms with Gasteiger partial charge in [0.2, 0.25) is 0 Å². The molecule has 0 radical (unpaired) electrons. The minimum absolute atomic E-state index is 0.0741. The van der Waals surface area contributed by atoms with Crippen molar-refractivity contribution in [2.45, 2.75) is 0 Å². The summed E-state index contributed by atoms with van der Waals surface area (Å²) in [5.74, 6) is -1.82. The van der Waals surface area contributed by atoms with Gasteiger partial charge in [0.05, 0.1) is 11.1 Å². The summed E-state index contributed by atoms with van der Waals surface area (Å²) < 4.78 is 0. The van der Waals surface area contributed by atoms with Gasteiger partial charge in [-0.25, -0.2) is 9.59 Å². The van der Waals surface area contributed by atoms with Gasteiger partial charge in [0, 0.05) is 0 Å². The molecule has 116 valence electrons. The second-order valence-electron chi connectivity index (χ2n) is 3.70. The molecule has 0 saturated carbocycles. The Labute approximate surface area is 125 Å². The molecule has 0 aliphatic carbocycles. The molecule has 2 aromatic carbocycles. The van der Waals surface area contributed by atoms with Gasteiger partial charge in [-0.3, -0.25) is 0 Å². The Morgan fingerprint density at radius 3 is 1.05 bits per heavy atom. The molecule has 7 nitrogen and oxygen atoms in total. The van der Waals surface area contributed by atoms with Crippen molar-refractivity contribution in [1.82, 2.24) is 0 Å². The van der Waals surface area contributed by atoms with Gasteiger partial charge in [-0.1, -0.05) is 0 Å². The third-order valence-electron chi connectivity index (χ3n) is 2.23. The third-order valence-corrected chi connectivity index (χ3v) is 2.23. The first-order valence-corrected chi connectivity index (χ1v) is 5.73. The van der Waals surface area contributed by atoms with E-state index in [2.05, 4.69) is 0 Å². The average Bonchev–Trinajstić information content (AvgIpc) is 2.51. The minimum atomic E-state index is -0.986. The number of carbonyl (C=O) groups excluding carboxylic acids is 1.